The van der Waals surface area contributed by atoms with Crippen LogP contribution in [0.1, 0.15) is 22.8 Å². The molecule has 0 aromatic heterocycles. The van der Waals surface area contributed by atoms with Gasteiger partial charge in [-0.3, -0.25) is 4.79 Å². The van der Waals surface area contributed by atoms with Gasteiger partial charge in [0.25, 0.3) is 5.91 Å². The molecular weight excluding hydrogens is 410 g/mol. The third-order valence-electron chi connectivity index (χ3n) is 4.30. The normalized spacial score (nSPS) is 11.1. The highest BCUT2D eigenvalue weighted by Crippen LogP contribution is 2.24. The number of methoxy groups -OCH3 is 3. The van der Waals surface area contributed by atoms with Crippen molar-refractivity contribution in [1.29, 1.82) is 0 Å². The van der Waals surface area contributed by atoms with Crippen LogP contribution in [-0.4, -0.2) is 59.5 Å². The molecule has 2 aromatic rings. The van der Waals surface area contributed by atoms with Crippen molar-refractivity contribution >= 4 is 16.0 Å². The number of nitrogens with zero attached hydrogens (tertiary/aromatic N) is 1. The topological polar surface area (TPSA) is 91.4 Å². The predicted molar refractivity (Wildman–Crippen MR) is 113 cm³/mol. The summed E-state index contributed by atoms with van der Waals surface area (Å²) in [6.07, 6.45) is 0. The number of carbonyl (C=O) groups excluding carboxylic acids is 1. The number of carbonyl (C=O) groups is 1. The highest BCUT2D eigenvalue weighted by molar-refractivity contribution is 7.87. The van der Waals surface area contributed by atoms with Gasteiger partial charge in [0.15, 0.2) is 0 Å². The minimum atomic E-state index is -3.63. The fraction of sp³-hybridized carbons (Fsp3) is 0.381. The van der Waals surface area contributed by atoms with Gasteiger partial charge < -0.3 is 23.3 Å². The molecule has 2 rings (SSSR count). The number of ether oxygens (including phenoxy) is 3. The zero-order chi connectivity index (χ0) is 22.1. The van der Waals surface area contributed by atoms with Gasteiger partial charge >= 0.3 is 10.1 Å². The van der Waals surface area contributed by atoms with Crippen LogP contribution in [0.15, 0.2) is 42.5 Å². The first kappa shape index (κ1) is 23.5. The van der Waals surface area contributed by atoms with E-state index in [1.54, 1.807) is 54.5 Å². The highest BCUT2D eigenvalue weighted by Gasteiger charge is 2.19. The van der Waals surface area contributed by atoms with Crippen molar-refractivity contribution in [2.45, 2.75) is 13.5 Å². The highest BCUT2D eigenvalue weighted by atomic mass is 32.2. The number of amides is 1. The summed E-state index contributed by atoms with van der Waals surface area (Å²) in [5.74, 6) is 0.843. The van der Waals surface area contributed by atoms with E-state index in [4.69, 9.17) is 18.4 Å². The maximum Gasteiger partial charge on any atom is 0.308 e. The molecule has 0 aliphatic heterocycles. The molecule has 0 aliphatic rings. The van der Waals surface area contributed by atoms with E-state index in [2.05, 4.69) is 0 Å². The van der Waals surface area contributed by atoms with E-state index in [1.165, 1.54) is 21.1 Å². The maximum absolute atomic E-state index is 13.2. The first-order valence-corrected chi connectivity index (χ1v) is 10.9. The maximum atomic E-state index is 13.2. The fourth-order valence-corrected chi connectivity index (χ4v) is 3.20. The molecule has 1 amide bonds. The molecule has 0 spiro atoms. The fourth-order valence-electron chi connectivity index (χ4n) is 2.69. The second-order valence-corrected chi connectivity index (χ2v) is 8.26. The van der Waals surface area contributed by atoms with Crippen molar-refractivity contribution in [3.63, 3.8) is 0 Å². The minimum Gasteiger partial charge on any atom is -0.497 e. The van der Waals surface area contributed by atoms with Crippen LogP contribution >= 0.6 is 0 Å². The molecule has 0 unspecified atom stereocenters. The van der Waals surface area contributed by atoms with Crippen molar-refractivity contribution in [3.05, 3.63) is 53.6 Å². The molecule has 0 saturated carbocycles. The van der Waals surface area contributed by atoms with Crippen molar-refractivity contribution in [2.75, 3.05) is 40.2 Å². The summed E-state index contributed by atoms with van der Waals surface area (Å²) in [5.41, 5.74) is 1.13. The van der Waals surface area contributed by atoms with Gasteiger partial charge in [-0.1, -0.05) is 12.1 Å². The lowest BCUT2D eigenvalue weighted by molar-refractivity contribution is 0.0679. The second-order valence-electron chi connectivity index (χ2n) is 6.40. The van der Waals surface area contributed by atoms with Gasteiger partial charge in [-0.2, -0.15) is 8.42 Å². The van der Waals surface area contributed by atoms with E-state index < -0.39 is 10.1 Å². The summed E-state index contributed by atoms with van der Waals surface area (Å²) in [7, 11) is 0.953. The molecule has 0 fully saturated rings. The Labute approximate surface area is 177 Å². The summed E-state index contributed by atoms with van der Waals surface area (Å²) in [4.78, 5) is 14.8. The van der Waals surface area contributed by atoms with Gasteiger partial charge in [0.05, 0.1) is 26.6 Å². The largest absolute Gasteiger partial charge is 0.497 e. The summed E-state index contributed by atoms with van der Waals surface area (Å²) in [6, 6.07) is 11.6. The van der Waals surface area contributed by atoms with Gasteiger partial charge in [0, 0.05) is 31.8 Å². The predicted octanol–water partition coefficient (Wildman–Crippen LogP) is 2.72. The molecular formula is C21H27NO7S. The first-order valence-electron chi connectivity index (χ1n) is 9.34. The Balaban J connectivity index is 2.29. The average molecular weight is 438 g/mol. The lowest BCUT2D eigenvalue weighted by Crippen LogP contribution is -2.33. The summed E-state index contributed by atoms with van der Waals surface area (Å²) < 4.78 is 44.2. The molecule has 0 saturated heterocycles. The van der Waals surface area contributed by atoms with E-state index in [1.807, 2.05) is 0 Å². The molecule has 164 valence electrons. The number of hydrogen-bond acceptors (Lipinski definition) is 7. The summed E-state index contributed by atoms with van der Waals surface area (Å²) >= 11 is 0. The molecule has 0 radical (unpaired) electrons. The zero-order valence-corrected chi connectivity index (χ0v) is 18.4. The average Bonchev–Trinajstić information content (AvgIpc) is 2.75. The van der Waals surface area contributed by atoms with Crippen LogP contribution in [-0.2, 0) is 21.4 Å². The van der Waals surface area contributed by atoms with E-state index in [-0.39, 0.29) is 24.0 Å². The van der Waals surface area contributed by atoms with Crippen molar-refractivity contribution < 1.29 is 31.6 Å². The first-order chi connectivity index (χ1) is 14.3. The molecule has 0 N–H and O–H groups in total. The quantitative estimate of drug-likeness (QED) is 0.499. The van der Waals surface area contributed by atoms with Crippen LogP contribution in [0.5, 0.6) is 17.2 Å². The zero-order valence-electron chi connectivity index (χ0n) is 17.6. The van der Waals surface area contributed by atoms with Crippen molar-refractivity contribution in [1.82, 2.24) is 4.90 Å². The number of hydrogen-bond donors (Lipinski definition) is 0. The molecule has 8 nitrogen and oxygen atoms in total. The number of rotatable bonds is 11. The minimum absolute atomic E-state index is 0.132. The van der Waals surface area contributed by atoms with Crippen LogP contribution in [0.3, 0.4) is 0 Å². The lowest BCUT2D eigenvalue weighted by atomic mass is 10.1. The Hall–Kier alpha value is -2.78. The van der Waals surface area contributed by atoms with E-state index in [9.17, 15) is 13.2 Å². The van der Waals surface area contributed by atoms with E-state index >= 15 is 0 Å². The van der Waals surface area contributed by atoms with Crippen LogP contribution in [0.2, 0.25) is 0 Å². The molecule has 0 atom stereocenters. The van der Waals surface area contributed by atoms with E-state index in [0.29, 0.717) is 30.2 Å². The van der Waals surface area contributed by atoms with Gasteiger partial charge in [-0.05, 0) is 36.8 Å². The van der Waals surface area contributed by atoms with Crippen LogP contribution < -0.4 is 13.7 Å². The second kappa shape index (κ2) is 10.8. The SMILES string of the molecule is CCS(=O)(=O)Oc1cccc(CN(CCOC)C(=O)c2cc(OC)cc(OC)c2)c1. The molecule has 2 aromatic carbocycles. The van der Waals surface area contributed by atoms with E-state index in [0.717, 1.165) is 5.56 Å². The Morgan fingerprint density at radius 1 is 0.967 bits per heavy atom. The van der Waals surface area contributed by atoms with Crippen LogP contribution in [0.25, 0.3) is 0 Å². The Morgan fingerprint density at radius 3 is 2.20 bits per heavy atom. The van der Waals surface area contributed by atoms with Crippen LogP contribution in [0, 0.1) is 0 Å². The third kappa shape index (κ3) is 6.64. The molecule has 0 bridgehead atoms. The Morgan fingerprint density at radius 2 is 1.63 bits per heavy atom. The monoisotopic (exact) mass is 437 g/mol. The van der Waals surface area contributed by atoms with Crippen molar-refractivity contribution in [3.8, 4) is 17.2 Å². The Kier molecular flexibility index (Phi) is 8.49. The lowest BCUT2D eigenvalue weighted by Gasteiger charge is -2.23. The standard InChI is InChI=1S/C21H27NO7S/c1-5-30(24,25)29-18-8-6-7-16(11-18)15-22(9-10-26-2)21(23)17-12-19(27-3)14-20(13-17)28-4/h6-8,11-14H,5,9-10,15H2,1-4H3. The van der Waals surface area contributed by atoms with Gasteiger partial charge in [-0.25, -0.2) is 0 Å². The summed E-state index contributed by atoms with van der Waals surface area (Å²) in [6.45, 7) is 2.43. The van der Waals surface area contributed by atoms with Gasteiger partial charge in [-0.15, -0.1) is 0 Å². The van der Waals surface area contributed by atoms with Crippen molar-refractivity contribution in [2.24, 2.45) is 0 Å². The molecule has 0 heterocycles. The third-order valence-corrected chi connectivity index (χ3v) is 5.45. The summed E-state index contributed by atoms with van der Waals surface area (Å²) in [5, 5.41) is 0. The smallest absolute Gasteiger partial charge is 0.308 e. The van der Waals surface area contributed by atoms with Gasteiger partial charge in [0.1, 0.15) is 17.2 Å². The van der Waals surface area contributed by atoms with Gasteiger partial charge in [0.2, 0.25) is 0 Å². The molecule has 0 aliphatic carbocycles. The molecule has 30 heavy (non-hydrogen) atoms. The number of benzene rings is 2. The molecule has 9 heteroatoms. The Bertz CT molecular complexity index is 937. The van der Waals surface area contributed by atoms with Crippen LogP contribution in [0.4, 0.5) is 0 Å².